The zero-order chi connectivity index (χ0) is 32.4. The molecular weight excluding hydrogens is 801 g/mol. The molecule has 3 heterocycles. The van der Waals surface area contributed by atoms with Crippen LogP contribution in [0.2, 0.25) is 17.3 Å². The number of rotatable bonds is 6. The smallest absolute Gasteiger partial charge is 0.120 e. The minimum atomic E-state index is -1.86. The number of nitrogens with zero attached hydrogens (tertiary/aromatic N) is 2. The third-order valence-corrected chi connectivity index (χ3v) is 12.3. The van der Waals surface area contributed by atoms with Crippen LogP contribution < -0.4 is 4.40 Å². The van der Waals surface area contributed by atoms with Crippen LogP contribution in [0.1, 0.15) is 51.3 Å². The van der Waals surface area contributed by atoms with E-state index in [0.717, 1.165) is 57.3 Å². The SMILES string of the molecule is CC(C)Cc1cc(-c2[c-]cccc2)nc[c]1[Ge]([CH3])([CH3])[CH3].Cc1cnc(-c2[c-]ccc3c2oc2ccccc23)cc1CC(C)(C)C.[Ir]. The topological polar surface area (TPSA) is 38.9 Å². The molecule has 1 radical (unpaired) electrons. The van der Waals surface area contributed by atoms with Crippen LogP contribution in [-0.2, 0) is 32.9 Å². The van der Waals surface area contributed by atoms with E-state index < -0.39 is 13.3 Å². The predicted molar refractivity (Wildman–Crippen MR) is 194 cm³/mol. The van der Waals surface area contributed by atoms with Crippen molar-refractivity contribution in [3.05, 3.63) is 114 Å². The van der Waals surface area contributed by atoms with E-state index in [9.17, 15) is 0 Å². The molecule has 0 N–H and O–H groups in total. The first kappa shape index (κ1) is 35.8. The van der Waals surface area contributed by atoms with Gasteiger partial charge in [-0.25, -0.2) is 0 Å². The van der Waals surface area contributed by atoms with Crippen molar-refractivity contribution in [3.8, 4) is 22.5 Å². The van der Waals surface area contributed by atoms with Crippen LogP contribution in [0.4, 0.5) is 0 Å². The Morgan fingerprint density at radius 1 is 0.804 bits per heavy atom. The molecule has 0 amide bonds. The number of benzene rings is 3. The molecular formula is C41H46GeIrN2O-2. The van der Waals surface area contributed by atoms with Crippen LogP contribution in [0.25, 0.3) is 44.5 Å². The molecule has 0 saturated heterocycles. The Labute approximate surface area is 292 Å². The minimum Gasteiger partial charge on any atom is -0.501 e. The summed E-state index contributed by atoms with van der Waals surface area (Å²) in [4.78, 5) is 9.37. The van der Waals surface area contributed by atoms with Gasteiger partial charge < -0.3 is 9.40 Å². The Morgan fingerprint density at radius 3 is 2.17 bits per heavy atom. The molecule has 0 fully saturated rings. The number of fused-ring (bicyclic) bond motifs is 3. The van der Waals surface area contributed by atoms with E-state index in [2.05, 4.69) is 112 Å². The van der Waals surface area contributed by atoms with Gasteiger partial charge in [-0.3, -0.25) is 0 Å². The molecule has 3 nitrogen and oxygen atoms in total. The van der Waals surface area contributed by atoms with Crippen molar-refractivity contribution < 1.29 is 24.5 Å². The summed E-state index contributed by atoms with van der Waals surface area (Å²) >= 11 is -1.86. The van der Waals surface area contributed by atoms with Gasteiger partial charge in [-0.05, 0) is 36.1 Å². The number of furan rings is 1. The van der Waals surface area contributed by atoms with Crippen LogP contribution in [0.3, 0.4) is 0 Å². The van der Waals surface area contributed by atoms with Crippen molar-refractivity contribution in [2.24, 2.45) is 11.3 Å². The van der Waals surface area contributed by atoms with Gasteiger partial charge in [0, 0.05) is 31.7 Å². The van der Waals surface area contributed by atoms with Crippen molar-refractivity contribution in [1.29, 1.82) is 0 Å². The Hall–Kier alpha value is -3.05. The Morgan fingerprint density at radius 2 is 1.50 bits per heavy atom. The van der Waals surface area contributed by atoms with Crippen LogP contribution >= 0.6 is 0 Å². The summed E-state index contributed by atoms with van der Waals surface area (Å²) < 4.78 is 7.68. The third-order valence-electron chi connectivity index (χ3n) is 7.94. The molecule has 6 aromatic rings. The Balaban J connectivity index is 0.000000210. The maximum absolute atomic E-state index is 6.14. The quantitative estimate of drug-likeness (QED) is 0.124. The van der Waals surface area contributed by atoms with Gasteiger partial charge in [0.2, 0.25) is 0 Å². The zero-order valence-corrected chi connectivity index (χ0v) is 33.2. The Kier molecular flexibility index (Phi) is 11.5. The van der Waals surface area contributed by atoms with E-state index in [0.29, 0.717) is 5.92 Å². The van der Waals surface area contributed by atoms with E-state index in [1.807, 2.05) is 48.7 Å². The van der Waals surface area contributed by atoms with E-state index in [1.54, 1.807) is 4.40 Å². The summed E-state index contributed by atoms with van der Waals surface area (Å²) in [7, 11) is 0. The number of hydrogen-bond acceptors (Lipinski definition) is 3. The van der Waals surface area contributed by atoms with E-state index >= 15 is 0 Å². The molecule has 0 aliphatic carbocycles. The fourth-order valence-electron chi connectivity index (χ4n) is 5.83. The summed E-state index contributed by atoms with van der Waals surface area (Å²) in [6.45, 7) is 13.5. The molecule has 3 aromatic carbocycles. The van der Waals surface area contributed by atoms with Crippen molar-refractivity contribution in [2.75, 3.05) is 0 Å². The predicted octanol–water partition coefficient (Wildman–Crippen LogP) is 10.6. The third kappa shape index (κ3) is 8.65. The molecule has 241 valence electrons. The van der Waals surface area contributed by atoms with Crippen molar-refractivity contribution in [2.45, 2.75) is 71.7 Å². The monoisotopic (exact) mass is 849 g/mol. The van der Waals surface area contributed by atoms with E-state index in [4.69, 9.17) is 9.40 Å². The Bertz CT molecular complexity index is 1910. The summed E-state index contributed by atoms with van der Waals surface area (Å²) in [5, 5.41) is 2.25. The average Bonchev–Trinajstić information content (AvgIpc) is 3.37. The molecule has 0 spiro atoms. The number of aryl methyl sites for hydroxylation is 1. The molecule has 0 aliphatic heterocycles. The number of hydrogen-bond donors (Lipinski definition) is 0. The van der Waals surface area contributed by atoms with E-state index in [1.165, 1.54) is 16.7 Å². The molecule has 0 aliphatic rings. The second-order valence-corrected chi connectivity index (χ2v) is 25.3. The number of para-hydroxylation sites is 1. The largest absolute Gasteiger partial charge is 0.501 e. The minimum absolute atomic E-state index is 0. The van der Waals surface area contributed by atoms with Crippen LogP contribution in [0.5, 0.6) is 0 Å². The molecule has 46 heavy (non-hydrogen) atoms. The van der Waals surface area contributed by atoms with Gasteiger partial charge in [0.05, 0.1) is 5.58 Å². The van der Waals surface area contributed by atoms with Gasteiger partial charge in [0.1, 0.15) is 5.58 Å². The summed E-state index contributed by atoms with van der Waals surface area (Å²) in [6.07, 6.45) is 6.25. The van der Waals surface area contributed by atoms with E-state index in [-0.39, 0.29) is 25.5 Å². The van der Waals surface area contributed by atoms with Crippen molar-refractivity contribution >= 4 is 39.6 Å². The molecule has 3 aromatic heterocycles. The molecule has 5 heteroatoms. The fourth-order valence-corrected chi connectivity index (χ4v) is 9.16. The van der Waals surface area contributed by atoms with Gasteiger partial charge >= 0.3 is 126 Å². The molecule has 0 saturated carbocycles. The fraction of sp³-hybridized carbons (Fsp3) is 0.317. The summed E-state index contributed by atoms with van der Waals surface area (Å²) in [5.41, 5.74) is 10.1. The number of aromatic nitrogens is 2. The number of pyridine rings is 2. The molecule has 0 bridgehead atoms. The normalized spacial score (nSPS) is 11.8. The first-order valence-electron chi connectivity index (χ1n) is 16.0. The first-order valence-corrected chi connectivity index (χ1v) is 23.4. The van der Waals surface area contributed by atoms with Gasteiger partial charge in [0.25, 0.3) is 0 Å². The molecule has 0 atom stereocenters. The molecule has 0 unspecified atom stereocenters. The molecule has 6 rings (SSSR count). The van der Waals surface area contributed by atoms with Crippen LogP contribution in [0, 0.1) is 30.4 Å². The summed E-state index contributed by atoms with van der Waals surface area (Å²) in [6, 6.07) is 31.4. The van der Waals surface area contributed by atoms with Gasteiger partial charge in [-0.2, -0.15) is 0 Å². The maximum Gasteiger partial charge on any atom is 0.120 e. The van der Waals surface area contributed by atoms with Gasteiger partial charge in [-0.1, -0.05) is 61.5 Å². The summed E-state index contributed by atoms with van der Waals surface area (Å²) in [5.74, 6) is 7.99. The average molecular weight is 848 g/mol. The van der Waals surface area contributed by atoms with Gasteiger partial charge in [0.15, 0.2) is 0 Å². The van der Waals surface area contributed by atoms with Gasteiger partial charge in [-0.15, -0.1) is 18.2 Å². The zero-order valence-electron chi connectivity index (χ0n) is 28.7. The van der Waals surface area contributed by atoms with Crippen LogP contribution in [-0.4, -0.2) is 23.2 Å². The maximum atomic E-state index is 6.14. The second kappa shape index (κ2) is 14.8. The van der Waals surface area contributed by atoms with Crippen LogP contribution in [0.15, 0.2) is 89.6 Å². The van der Waals surface area contributed by atoms with Crippen molar-refractivity contribution in [1.82, 2.24) is 9.97 Å². The van der Waals surface area contributed by atoms with Crippen molar-refractivity contribution in [3.63, 3.8) is 0 Å². The standard InChI is InChI=1S/C23H22NO.C18H24GeN.Ir/c1-15-14-24-20(12-16(15)13-23(2,3)4)19-10-7-9-18-17-8-5-6-11-21(17)25-22(18)19;1-14(2)11-16-12-18(15-9-7-6-8-10-15)20-13-17(16)19(3,4)5;/h5-9,11-12,14H,13H2,1-4H3;6-9,12-14H,11H2,1-5H3;/q2*-1;. The first-order chi connectivity index (χ1) is 21.3. The second-order valence-electron chi connectivity index (χ2n) is 14.8.